The molecule has 0 saturated carbocycles. The first kappa shape index (κ1) is 14.5. The number of aromatic nitrogens is 2. The van der Waals surface area contributed by atoms with Crippen molar-refractivity contribution in [1.82, 2.24) is 15.1 Å². The van der Waals surface area contributed by atoms with Gasteiger partial charge >= 0.3 is 0 Å². The summed E-state index contributed by atoms with van der Waals surface area (Å²) in [4.78, 5) is 0. The molecule has 0 radical (unpaired) electrons. The number of nitrogens with zero attached hydrogens (tertiary/aromatic N) is 2. The van der Waals surface area contributed by atoms with E-state index in [1.54, 1.807) is 6.20 Å². The third-order valence-corrected chi connectivity index (χ3v) is 5.73. The minimum absolute atomic E-state index is 0.262. The molecule has 2 atom stereocenters. The van der Waals surface area contributed by atoms with Gasteiger partial charge in [-0.3, -0.25) is 4.68 Å². The maximum Gasteiger partial charge on any atom is 0.150 e. The van der Waals surface area contributed by atoms with Gasteiger partial charge in [-0.25, -0.2) is 8.42 Å². The number of aryl methyl sites for hydroxylation is 2. The average molecular weight is 285 g/mol. The van der Waals surface area contributed by atoms with Gasteiger partial charge in [0.25, 0.3) is 0 Å². The zero-order chi connectivity index (χ0) is 13.9. The van der Waals surface area contributed by atoms with Gasteiger partial charge in [0.1, 0.15) is 0 Å². The molecule has 0 bridgehead atoms. The van der Waals surface area contributed by atoms with Crippen LogP contribution in [0.1, 0.15) is 25.5 Å². The van der Waals surface area contributed by atoms with Crippen LogP contribution in [-0.4, -0.2) is 42.3 Å². The van der Waals surface area contributed by atoms with Gasteiger partial charge in [-0.1, -0.05) is 6.92 Å². The summed E-state index contributed by atoms with van der Waals surface area (Å²) in [6, 6.07) is 2.31. The van der Waals surface area contributed by atoms with Crippen molar-refractivity contribution < 1.29 is 8.42 Å². The Bertz CT molecular complexity index is 510. The number of nitrogens with one attached hydrogen (secondary N) is 1. The van der Waals surface area contributed by atoms with E-state index in [2.05, 4.69) is 17.3 Å². The van der Waals surface area contributed by atoms with E-state index in [1.807, 2.05) is 17.8 Å². The Morgan fingerprint density at radius 3 is 2.89 bits per heavy atom. The molecular weight excluding hydrogens is 262 g/mol. The van der Waals surface area contributed by atoms with Crippen LogP contribution in [0.2, 0.25) is 0 Å². The van der Waals surface area contributed by atoms with Crippen LogP contribution in [0.4, 0.5) is 0 Å². The van der Waals surface area contributed by atoms with Crippen molar-refractivity contribution >= 4 is 9.84 Å². The molecule has 108 valence electrons. The zero-order valence-electron chi connectivity index (χ0n) is 11.7. The van der Waals surface area contributed by atoms with Gasteiger partial charge in [-0.2, -0.15) is 5.10 Å². The Morgan fingerprint density at radius 2 is 2.37 bits per heavy atom. The lowest BCUT2D eigenvalue weighted by atomic mass is 9.94. The highest BCUT2D eigenvalue weighted by molar-refractivity contribution is 7.91. The van der Waals surface area contributed by atoms with E-state index in [0.29, 0.717) is 11.5 Å². The fourth-order valence-electron chi connectivity index (χ4n) is 2.86. The van der Waals surface area contributed by atoms with Crippen molar-refractivity contribution in [3.63, 3.8) is 0 Å². The number of sulfone groups is 1. The van der Waals surface area contributed by atoms with E-state index in [-0.39, 0.29) is 12.0 Å². The predicted molar refractivity (Wildman–Crippen MR) is 75.8 cm³/mol. The Labute approximate surface area is 115 Å². The van der Waals surface area contributed by atoms with E-state index < -0.39 is 9.84 Å². The molecule has 1 aliphatic heterocycles. The van der Waals surface area contributed by atoms with Crippen LogP contribution in [0, 0.1) is 5.92 Å². The molecule has 0 amide bonds. The summed E-state index contributed by atoms with van der Waals surface area (Å²) < 4.78 is 25.1. The molecule has 2 rings (SSSR count). The third kappa shape index (κ3) is 3.79. The molecule has 2 heterocycles. The molecule has 0 aromatic carbocycles. The van der Waals surface area contributed by atoms with Crippen LogP contribution >= 0.6 is 0 Å². The van der Waals surface area contributed by atoms with E-state index in [4.69, 9.17) is 0 Å². The van der Waals surface area contributed by atoms with Crippen molar-refractivity contribution in [2.24, 2.45) is 13.0 Å². The molecular formula is C13H23N3O2S. The van der Waals surface area contributed by atoms with Crippen LogP contribution in [-0.2, 0) is 23.3 Å². The van der Waals surface area contributed by atoms with Crippen molar-refractivity contribution in [2.45, 2.75) is 32.2 Å². The predicted octanol–water partition coefficient (Wildman–Crippen LogP) is 0.766. The Morgan fingerprint density at radius 1 is 1.58 bits per heavy atom. The standard InChI is InChI=1S/C13H23N3O2S/c1-3-14-13(11-7-9-19(17,18)10-11)5-4-12-6-8-15-16(12)2/h6,8,11,13-14H,3-5,7,9-10H2,1-2H3. The molecule has 1 aromatic heterocycles. The lowest BCUT2D eigenvalue weighted by Gasteiger charge is -2.23. The fourth-order valence-corrected chi connectivity index (χ4v) is 4.74. The van der Waals surface area contributed by atoms with Gasteiger partial charge in [0.2, 0.25) is 0 Å². The second kappa shape index (κ2) is 6.05. The maximum absolute atomic E-state index is 11.6. The summed E-state index contributed by atoms with van der Waals surface area (Å²) in [5.41, 5.74) is 1.20. The molecule has 1 saturated heterocycles. The van der Waals surface area contributed by atoms with Gasteiger partial charge in [0, 0.05) is 25.0 Å². The second-order valence-electron chi connectivity index (χ2n) is 5.31. The van der Waals surface area contributed by atoms with Crippen molar-refractivity contribution in [3.05, 3.63) is 18.0 Å². The normalized spacial score (nSPS) is 23.6. The summed E-state index contributed by atoms with van der Waals surface area (Å²) in [7, 11) is -0.855. The number of hydrogen-bond donors (Lipinski definition) is 1. The quantitative estimate of drug-likeness (QED) is 0.838. The molecule has 1 fully saturated rings. The smallest absolute Gasteiger partial charge is 0.150 e. The minimum Gasteiger partial charge on any atom is -0.314 e. The topological polar surface area (TPSA) is 64.0 Å². The molecule has 1 aromatic rings. The first-order valence-electron chi connectivity index (χ1n) is 6.92. The van der Waals surface area contributed by atoms with E-state index in [0.717, 1.165) is 25.8 Å². The lowest BCUT2D eigenvalue weighted by Crippen LogP contribution is -2.37. The Balaban J connectivity index is 1.95. The molecule has 19 heavy (non-hydrogen) atoms. The molecule has 5 nitrogen and oxygen atoms in total. The Hall–Kier alpha value is -0.880. The minimum atomic E-state index is -2.80. The average Bonchev–Trinajstić information content (AvgIpc) is 2.91. The summed E-state index contributed by atoms with van der Waals surface area (Å²) in [6.45, 7) is 2.95. The van der Waals surface area contributed by atoms with Gasteiger partial charge in [0.05, 0.1) is 11.5 Å². The van der Waals surface area contributed by atoms with Crippen LogP contribution < -0.4 is 5.32 Å². The molecule has 1 N–H and O–H groups in total. The molecule has 6 heteroatoms. The van der Waals surface area contributed by atoms with Gasteiger partial charge < -0.3 is 5.32 Å². The first-order valence-corrected chi connectivity index (χ1v) is 8.74. The van der Waals surface area contributed by atoms with Crippen LogP contribution in [0.15, 0.2) is 12.3 Å². The van der Waals surface area contributed by atoms with Crippen LogP contribution in [0.3, 0.4) is 0 Å². The molecule has 2 unspecified atom stereocenters. The number of rotatable bonds is 6. The van der Waals surface area contributed by atoms with E-state index in [1.165, 1.54) is 5.69 Å². The van der Waals surface area contributed by atoms with Crippen molar-refractivity contribution in [2.75, 3.05) is 18.1 Å². The SMILES string of the molecule is CCNC(CCc1ccnn1C)C1CCS(=O)(=O)C1. The third-order valence-electron chi connectivity index (χ3n) is 3.94. The lowest BCUT2D eigenvalue weighted by molar-refractivity contribution is 0.365. The summed E-state index contributed by atoms with van der Waals surface area (Å²) in [5, 5.41) is 7.61. The molecule has 0 spiro atoms. The summed E-state index contributed by atoms with van der Waals surface area (Å²) in [5.74, 6) is 0.958. The first-order chi connectivity index (χ1) is 9.02. The highest BCUT2D eigenvalue weighted by Gasteiger charge is 2.33. The van der Waals surface area contributed by atoms with E-state index >= 15 is 0 Å². The second-order valence-corrected chi connectivity index (χ2v) is 7.54. The highest BCUT2D eigenvalue weighted by Crippen LogP contribution is 2.24. The largest absolute Gasteiger partial charge is 0.314 e. The zero-order valence-corrected chi connectivity index (χ0v) is 12.5. The van der Waals surface area contributed by atoms with Crippen molar-refractivity contribution in [3.8, 4) is 0 Å². The van der Waals surface area contributed by atoms with E-state index in [9.17, 15) is 8.42 Å². The Kier molecular flexibility index (Phi) is 4.62. The fraction of sp³-hybridized carbons (Fsp3) is 0.769. The van der Waals surface area contributed by atoms with Crippen LogP contribution in [0.25, 0.3) is 0 Å². The summed E-state index contributed by atoms with van der Waals surface area (Å²) in [6.07, 6.45) is 4.50. The number of hydrogen-bond acceptors (Lipinski definition) is 4. The van der Waals surface area contributed by atoms with Gasteiger partial charge in [0.15, 0.2) is 9.84 Å². The maximum atomic E-state index is 11.6. The highest BCUT2D eigenvalue weighted by atomic mass is 32.2. The van der Waals surface area contributed by atoms with Crippen LogP contribution in [0.5, 0.6) is 0 Å². The van der Waals surface area contributed by atoms with Gasteiger partial charge in [-0.05, 0) is 37.8 Å². The molecule has 0 aliphatic carbocycles. The van der Waals surface area contributed by atoms with Crippen molar-refractivity contribution in [1.29, 1.82) is 0 Å². The monoisotopic (exact) mass is 285 g/mol. The summed E-state index contributed by atoms with van der Waals surface area (Å²) >= 11 is 0. The van der Waals surface area contributed by atoms with Gasteiger partial charge in [-0.15, -0.1) is 0 Å². The molecule has 1 aliphatic rings.